The number of rotatable bonds is 4. The molecule has 0 unspecified atom stereocenters. The molecule has 1 fully saturated rings. The van der Waals surface area contributed by atoms with E-state index in [0.29, 0.717) is 23.9 Å². The van der Waals surface area contributed by atoms with Crippen LogP contribution in [-0.4, -0.2) is 12.5 Å². The number of carbonyl (C=O) groups excluding carboxylic acids is 1. The molecule has 0 aromatic heterocycles. The first-order valence-corrected chi connectivity index (χ1v) is 6.17. The van der Waals surface area contributed by atoms with Crippen LogP contribution in [0.25, 0.3) is 0 Å². The summed E-state index contributed by atoms with van der Waals surface area (Å²) in [6.07, 6.45) is 1.62. The van der Waals surface area contributed by atoms with Crippen LogP contribution in [-0.2, 0) is 11.2 Å². The third-order valence-electron chi connectivity index (χ3n) is 3.15. The first kappa shape index (κ1) is 12.4. The summed E-state index contributed by atoms with van der Waals surface area (Å²) in [4.78, 5) is 11.5. The number of carbonyl (C=O) groups is 1. The second kappa shape index (κ2) is 5.05. The normalized spacial score (nSPS) is 22.3. The molecule has 0 radical (unpaired) electrons. The Bertz CT molecular complexity index is 435. The van der Waals surface area contributed by atoms with Crippen molar-refractivity contribution in [1.29, 1.82) is 0 Å². The summed E-state index contributed by atoms with van der Waals surface area (Å²) in [6.45, 7) is 2.62. The molecular weight excluding hydrogens is 241 g/mol. The summed E-state index contributed by atoms with van der Waals surface area (Å²) in [6, 6.07) is 4.33. The first-order chi connectivity index (χ1) is 8.08. The highest BCUT2D eigenvalue weighted by Crippen LogP contribution is 2.37. The van der Waals surface area contributed by atoms with E-state index in [1.54, 1.807) is 6.07 Å². The fraction of sp³-hybridized carbons (Fsp3) is 0.462. The lowest BCUT2D eigenvalue weighted by molar-refractivity contribution is -0.122. The van der Waals surface area contributed by atoms with E-state index in [9.17, 15) is 9.18 Å². The van der Waals surface area contributed by atoms with Crippen molar-refractivity contribution >= 4 is 17.5 Å². The van der Waals surface area contributed by atoms with Crippen molar-refractivity contribution in [1.82, 2.24) is 5.32 Å². The van der Waals surface area contributed by atoms with Crippen LogP contribution in [0.4, 0.5) is 4.39 Å². The van der Waals surface area contributed by atoms with Crippen LogP contribution in [0.2, 0.25) is 5.02 Å². The number of hydrogen-bond acceptors (Lipinski definition) is 1. The maximum Gasteiger partial charge on any atom is 0.223 e. The van der Waals surface area contributed by atoms with Gasteiger partial charge in [0.15, 0.2) is 0 Å². The van der Waals surface area contributed by atoms with Gasteiger partial charge in [-0.25, -0.2) is 4.39 Å². The monoisotopic (exact) mass is 255 g/mol. The van der Waals surface area contributed by atoms with Crippen LogP contribution in [0, 0.1) is 17.7 Å². The van der Waals surface area contributed by atoms with Crippen LogP contribution in [0.1, 0.15) is 18.9 Å². The summed E-state index contributed by atoms with van der Waals surface area (Å²) in [5.74, 6) is 0.494. The Kier molecular flexibility index (Phi) is 3.67. The van der Waals surface area contributed by atoms with Crippen molar-refractivity contribution in [2.45, 2.75) is 19.8 Å². The molecule has 1 aromatic rings. The van der Waals surface area contributed by atoms with E-state index in [2.05, 4.69) is 12.2 Å². The maximum atomic E-state index is 12.8. The van der Waals surface area contributed by atoms with Crippen molar-refractivity contribution < 1.29 is 9.18 Å². The van der Waals surface area contributed by atoms with Crippen LogP contribution in [0.15, 0.2) is 18.2 Å². The summed E-state index contributed by atoms with van der Waals surface area (Å²) >= 11 is 5.89. The summed E-state index contributed by atoms with van der Waals surface area (Å²) in [5, 5.41) is 3.29. The Labute approximate surface area is 105 Å². The molecule has 1 aromatic carbocycles. The fourth-order valence-corrected chi connectivity index (χ4v) is 2.13. The highest BCUT2D eigenvalue weighted by molar-refractivity contribution is 6.31. The largest absolute Gasteiger partial charge is 0.356 e. The van der Waals surface area contributed by atoms with Gasteiger partial charge < -0.3 is 5.32 Å². The molecule has 0 aliphatic heterocycles. The number of hydrogen-bond donors (Lipinski definition) is 1. The lowest BCUT2D eigenvalue weighted by Crippen LogP contribution is -2.27. The molecule has 1 saturated carbocycles. The molecule has 2 nitrogen and oxygen atoms in total. The Hall–Kier alpha value is -1.09. The minimum Gasteiger partial charge on any atom is -0.356 e. The van der Waals surface area contributed by atoms with Gasteiger partial charge in [0, 0.05) is 17.5 Å². The molecule has 0 bridgehead atoms. The Morgan fingerprint density at radius 3 is 2.88 bits per heavy atom. The predicted octanol–water partition coefficient (Wildman–Crippen LogP) is 2.79. The molecule has 0 saturated heterocycles. The van der Waals surface area contributed by atoms with Gasteiger partial charge in [-0.05, 0) is 36.5 Å². The standard InChI is InChI=1S/C13H15ClFNO/c1-8-6-11(8)13(17)16-5-4-9-2-3-10(15)7-12(9)14/h2-3,7-8,11H,4-6H2,1H3,(H,16,17)/t8-,11-/m0/s1. The zero-order valence-corrected chi connectivity index (χ0v) is 10.4. The van der Waals surface area contributed by atoms with E-state index < -0.39 is 0 Å². The number of nitrogens with one attached hydrogen (secondary N) is 1. The van der Waals surface area contributed by atoms with Gasteiger partial charge in [-0.2, -0.15) is 0 Å². The lowest BCUT2D eigenvalue weighted by Gasteiger charge is -2.06. The number of halogens is 2. The summed E-state index contributed by atoms with van der Waals surface area (Å²) < 4.78 is 12.8. The van der Waals surface area contributed by atoms with Gasteiger partial charge in [-0.1, -0.05) is 24.6 Å². The van der Waals surface area contributed by atoms with Gasteiger partial charge in [0.05, 0.1) is 0 Å². The molecule has 2 atom stereocenters. The zero-order valence-electron chi connectivity index (χ0n) is 9.67. The van der Waals surface area contributed by atoms with E-state index in [-0.39, 0.29) is 17.6 Å². The van der Waals surface area contributed by atoms with Crippen molar-refractivity contribution in [3.8, 4) is 0 Å². The second-order valence-corrected chi connectivity index (χ2v) is 5.00. The average molecular weight is 256 g/mol. The molecule has 1 N–H and O–H groups in total. The van der Waals surface area contributed by atoms with E-state index in [4.69, 9.17) is 11.6 Å². The molecule has 17 heavy (non-hydrogen) atoms. The Morgan fingerprint density at radius 1 is 1.59 bits per heavy atom. The molecule has 1 aliphatic carbocycles. The lowest BCUT2D eigenvalue weighted by atomic mass is 10.1. The van der Waals surface area contributed by atoms with Crippen LogP contribution in [0.5, 0.6) is 0 Å². The number of benzene rings is 1. The SMILES string of the molecule is C[C@H]1C[C@@H]1C(=O)NCCc1ccc(F)cc1Cl. The molecule has 2 rings (SSSR count). The maximum absolute atomic E-state index is 12.8. The van der Waals surface area contributed by atoms with Crippen LogP contribution >= 0.6 is 11.6 Å². The summed E-state index contributed by atoms with van der Waals surface area (Å²) in [7, 11) is 0. The van der Waals surface area contributed by atoms with E-state index in [0.717, 1.165) is 12.0 Å². The highest BCUT2D eigenvalue weighted by atomic mass is 35.5. The zero-order chi connectivity index (χ0) is 12.4. The Balaban J connectivity index is 1.80. The van der Waals surface area contributed by atoms with Gasteiger partial charge in [0.25, 0.3) is 0 Å². The average Bonchev–Trinajstić information content (AvgIpc) is 2.99. The topological polar surface area (TPSA) is 29.1 Å². The third kappa shape index (κ3) is 3.19. The third-order valence-corrected chi connectivity index (χ3v) is 3.51. The molecule has 0 spiro atoms. The van der Waals surface area contributed by atoms with Crippen molar-refractivity contribution in [3.05, 3.63) is 34.6 Å². The minimum absolute atomic E-state index is 0.121. The molecule has 1 aliphatic rings. The van der Waals surface area contributed by atoms with E-state index in [1.807, 2.05) is 0 Å². The van der Waals surface area contributed by atoms with Crippen LogP contribution in [0.3, 0.4) is 0 Å². The number of amides is 1. The Morgan fingerprint density at radius 2 is 2.29 bits per heavy atom. The van der Waals surface area contributed by atoms with Crippen molar-refractivity contribution in [2.75, 3.05) is 6.54 Å². The highest BCUT2D eigenvalue weighted by Gasteiger charge is 2.38. The smallest absolute Gasteiger partial charge is 0.223 e. The molecule has 4 heteroatoms. The van der Waals surface area contributed by atoms with Gasteiger partial charge in [0.1, 0.15) is 5.82 Å². The summed E-state index contributed by atoms with van der Waals surface area (Å²) in [5.41, 5.74) is 0.859. The van der Waals surface area contributed by atoms with Gasteiger partial charge in [0.2, 0.25) is 5.91 Å². The molecule has 92 valence electrons. The van der Waals surface area contributed by atoms with Crippen LogP contribution < -0.4 is 5.32 Å². The predicted molar refractivity (Wildman–Crippen MR) is 65.4 cm³/mol. The van der Waals surface area contributed by atoms with Gasteiger partial charge in [-0.15, -0.1) is 0 Å². The van der Waals surface area contributed by atoms with E-state index >= 15 is 0 Å². The molecule has 0 heterocycles. The van der Waals surface area contributed by atoms with Crippen molar-refractivity contribution in [2.24, 2.45) is 11.8 Å². The molecular formula is C13H15ClFNO. The fourth-order valence-electron chi connectivity index (χ4n) is 1.86. The van der Waals surface area contributed by atoms with E-state index in [1.165, 1.54) is 12.1 Å². The quantitative estimate of drug-likeness (QED) is 0.881. The first-order valence-electron chi connectivity index (χ1n) is 5.79. The van der Waals surface area contributed by atoms with Gasteiger partial charge >= 0.3 is 0 Å². The molecule has 1 amide bonds. The van der Waals surface area contributed by atoms with Gasteiger partial charge in [-0.3, -0.25) is 4.79 Å². The minimum atomic E-state index is -0.338. The van der Waals surface area contributed by atoms with Crippen molar-refractivity contribution in [3.63, 3.8) is 0 Å². The second-order valence-electron chi connectivity index (χ2n) is 4.60.